The molecule has 11 heteroatoms. The number of benzene rings is 1. The van der Waals surface area contributed by atoms with Crippen molar-refractivity contribution in [1.82, 2.24) is 25.0 Å². The summed E-state index contributed by atoms with van der Waals surface area (Å²) in [5.41, 5.74) is 6.74. The topological polar surface area (TPSA) is 123 Å². The number of primary amides is 1. The van der Waals surface area contributed by atoms with Crippen LogP contribution in [0.4, 0.5) is 8.78 Å². The first-order valence-corrected chi connectivity index (χ1v) is 11.5. The third-order valence-corrected chi connectivity index (χ3v) is 6.01. The summed E-state index contributed by atoms with van der Waals surface area (Å²) in [5.74, 6) is -5.08. The number of pyridine rings is 1. The second-order valence-electron chi connectivity index (χ2n) is 8.70. The minimum Gasteiger partial charge on any atom is -0.363 e. The minimum atomic E-state index is -2.62. The van der Waals surface area contributed by atoms with E-state index in [0.29, 0.717) is 12.2 Å². The number of carbonyl (C=O) groups excluding carboxylic acids is 3. The van der Waals surface area contributed by atoms with E-state index >= 15 is 0 Å². The van der Waals surface area contributed by atoms with Crippen molar-refractivity contribution in [1.29, 1.82) is 0 Å². The van der Waals surface area contributed by atoms with Crippen LogP contribution in [0.15, 0.2) is 60.9 Å². The van der Waals surface area contributed by atoms with Crippen LogP contribution in [-0.2, 0) is 22.6 Å². The SMILES string of the molecule is NC(=O)C(=O)C(Cc1ccccc1)NC(=O)c1cccnc1-n1ccc(CN2CCC(F)(F)CC2)n1. The van der Waals surface area contributed by atoms with E-state index in [1.807, 2.05) is 11.0 Å². The van der Waals surface area contributed by atoms with Gasteiger partial charge in [0, 0.05) is 51.3 Å². The number of rotatable bonds is 9. The molecule has 1 saturated heterocycles. The Kier molecular flexibility index (Phi) is 7.49. The number of carbonyl (C=O) groups is 3. The summed E-state index contributed by atoms with van der Waals surface area (Å²) in [6.45, 7) is 0.936. The Hall–Kier alpha value is -3.99. The number of hydrogen-bond donors (Lipinski definition) is 2. The lowest BCUT2D eigenvalue weighted by Crippen LogP contribution is -2.47. The quantitative estimate of drug-likeness (QED) is 0.436. The van der Waals surface area contributed by atoms with E-state index in [9.17, 15) is 23.2 Å². The summed E-state index contributed by atoms with van der Waals surface area (Å²) < 4.78 is 28.3. The number of ketones is 1. The van der Waals surface area contributed by atoms with Gasteiger partial charge in [0.25, 0.3) is 17.7 Å². The molecule has 1 aliphatic rings. The Balaban J connectivity index is 1.50. The average Bonchev–Trinajstić information content (AvgIpc) is 3.33. The predicted molar refractivity (Wildman–Crippen MR) is 126 cm³/mol. The van der Waals surface area contributed by atoms with Crippen LogP contribution >= 0.6 is 0 Å². The second kappa shape index (κ2) is 10.7. The van der Waals surface area contributed by atoms with Crippen LogP contribution in [0.5, 0.6) is 0 Å². The number of amides is 2. The first-order chi connectivity index (χ1) is 17.2. The molecular weight excluding hydrogens is 470 g/mol. The monoisotopic (exact) mass is 496 g/mol. The fourth-order valence-electron chi connectivity index (χ4n) is 4.05. The van der Waals surface area contributed by atoms with E-state index in [2.05, 4.69) is 15.4 Å². The molecule has 36 heavy (non-hydrogen) atoms. The summed E-state index contributed by atoms with van der Waals surface area (Å²) in [6, 6.07) is 12.6. The van der Waals surface area contributed by atoms with Crippen LogP contribution in [0.3, 0.4) is 0 Å². The van der Waals surface area contributed by atoms with Gasteiger partial charge in [0.05, 0.1) is 11.3 Å². The van der Waals surface area contributed by atoms with Gasteiger partial charge in [0.2, 0.25) is 5.78 Å². The number of likely N-dealkylation sites (tertiary alicyclic amines) is 1. The molecule has 0 aliphatic carbocycles. The van der Waals surface area contributed by atoms with Crippen molar-refractivity contribution >= 4 is 17.6 Å². The van der Waals surface area contributed by atoms with Gasteiger partial charge in [-0.1, -0.05) is 30.3 Å². The van der Waals surface area contributed by atoms with E-state index in [-0.39, 0.29) is 43.7 Å². The van der Waals surface area contributed by atoms with E-state index < -0.39 is 29.6 Å². The van der Waals surface area contributed by atoms with Crippen LogP contribution in [0.2, 0.25) is 0 Å². The zero-order valence-electron chi connectivity index (χ0n) is 19.4. The molecule has 2 aromatic heterocycles. The average molecular weight is 497 g/mol. The Morgan fingerprint density at radius 1 is 1.06 bits per heavy atom. The third-order valence-electron chi connectivity index (χ3n) is 6.01. The van der Waals surface area contributed by atoms with Crippen molar-refractivity contribution < 1.29 is 23.2 Å². The van der Waals surface area contributed by atoms with Crippen molar-refractivity contribution in [3.63, 3.8) is 0 Å². The highest BCUT2D eigenvalue weighted by atomic mass is 19.3. The van der Waals surface area contributed by atoms with E-state index in [1.54, 1.807) is 42.6 Å². The highest BCUT2D eigenvalue weighted by molar-refractivity contribution is 6.38. The molecule has 1 aliphatic heterocycles. The molecule has 1 unspecified atom stereocenters. The van der Waals surface area contributed by atoms with Crippen LogP contribution in [-0.4, -0.2) is 62.3 Å². The van der Waals surface area contributed by atoms with Crippen molar-refractivity contribution in [2.75, 3.05) is 13.1 Å². The van der Waals surface area contributed by atoms with Crippen molar-refractivity contribution in [3.05, 3.63) is 77.7 Å². The molecule has 3 N–H and O–H groups in total. The Bertz CT molecular complexity index is 1240. The zero-order valence-corrected chi connectivity index (χ0v) is 19.4. The van der Waals surface area contributed by atoms with Crippen molar-refractivity contribution in [3.8, 4) is 5.82 Å². The maximum Gasteiger partial charge on any atom is 0.287 e. The number of halogens is 2. The van der Waals surface area contributed by atoms with E-state index in [0.717, 1.165) is 5.56 Å². The number of hydrogen-bond acceptors (Lipinski definition) is 6. The van der Waals surface area contributed by atoms with Gasteiger partial charge in [0.1, 0.15) is 6.04 Å². The van der Waals surface area contributed by atoms with Gasteiger partial charge in [-0.05, 0) is 23.8 Å². The third kappa shape index (κ3) is 6.16. The maximum atomic E-state index is 13.4. The van der Waals surface area contributed by atoms with E-state index in [1.165, 1.54) is 16.9 Å². The highest BCUT2D eigenvalue weighted by Crippen LogP contribution is 2.28. The van der Waals surface area contributed by atoms with Crippen LogP contribution in [0, 0.1) is 0 Å². The van der Waals surface area contributed by atoms with Crippen molar-refractivity contribution in [2.45, 2.75) is 37.8 Å². The molecule has 3 aromatic rings. The number of nitrogens with two attached hydrogens (primary N) is 1. The van der Waals surface area contributed by atoms with Gasteiger partial charge in [-0.3, -0.25) is 19.3 Å². The number of nitrogens with one attached hydrogen (secondary N) is 1. The Morgan fingerprint density at radius 3 is 2.47 bits per heavy atom. The molecule has 0 spiro atoms. The molecular formula is C25H26F2N6O3. The minimum absolute atomic E-state index is 0.0880. The normalized spacial score (nSPS) is 16.3. The summed E-state index contributed by atoms with van der Waals surface area (Å²) in [7, 11) is 0. The fraction of sp³-hybridized carbons (Fsp3) is 0.320. The van der Waals surface area contributed by atoms with E-state index in [4.69, 9.17) is 5.73 Å². The number of piperidine rings is 1. The molecule has 1 atom stereocenters. The van der Waals surface area contributed by atoms with Crippen LogP contribution < -0.4 is 11.1 Å². The Labute approximate surface area is 206 Å². The van der Waals surface area contributed by atoms with Crippen LogP contribution in [0.25, 0.3) is 5.82 Å². The smallest absolute Gasteiger partial charge is 0.287 e. The maximum absolute atomic E-state index is 13.4. The molecule has 9 nitrogen and oxygen atoms in total. The zero-order chi connectivity index (χ0) is 25.7. The molecule has 188 valence electrons. The fourth-order valence-corrected chi connectivity index (χ4v) is 4.05. The van der Waals surface area contributed by atoms with Gasteiger partial charge in [0.15, 0.2) is 5.82 Å². The lowest BCUT2D eigenvalue weighted by molar-refractivity contribution is -0.137. The largest absolute Gasteiger partial charge is 0.363 e. The summed E-state index contributed by atoms with van der Waals surface area (Å²) >= 11 is 0. The number of alkyl halides is 2. The summed E-state index contributed by atoms with van der Waals surface area (Å²) in [5, 5.41) is 7.07. The van der Waals surface area contributed by atoms with Gasteiger partial charge < -0.3 is 11.1 Å². The summed E-state index contributed by atoms with van der Waals surface area (Å²) in [6.07, 6.45) is 2.84. The first kappa shape index (κ1) is 25.1. The molecule has 3 heterocycles. The molecule has 4 rings (SSSR count). The molecule has 0 bridgehead atoms. The second-order valence-corrected chi connectivity index (χ2v) is 8.70. The first-order valence-electron chi connectivity index (χ1n) is 11.5. The van der Waals surface area contributed by atoms with Gasteiger partial charge in [-0.25, -0.2) is 18.4 Å². The molecule has 1 fully saturated rings. The van der Waals surface area contributed by atoms with Gasteiger partial charge in [-0.15, -0.1) is 0 Å². The number of aromatic nitrogens is 3. The van der Waals surface area contributed by atoms with Crippen molar-refractivity contribution in [2.24, 2.45) is 5.73 Å². The van der Waals surface area contributed by atoms with Gasteiger partial charge >= 0.3 is 0 Å². The lowest BCUT2D eigenvalue weighted by atomic mass is 10.0. The lowest BCUT2D eigenvalue weighted by Gasteiger charge is -2.31. The highest BCUT2D eigenvalue weighted by Gasteiger charge is 2.34. The molecule has 2 amide bonds. The standard InChI is InChI=1S/C25H26F2N6O3/c26-25(27)9-13-32(14-10-25)16-18-8-12-33(31-18)23-19(7-4-11-29-23)24(36)30-20(21(34)22(28)35)15-17-5-2-1-3-6-17/h1-8,11-12,20H,9-10,13-16H2,(H2,28,35)(H,30,36). The molecule has 0 radical (unpaired) electrons. The number of Topliss-reactive ketones (excluding diaryl/α,β-unsaturated/α-hetero) is 1. The van der Waals surface area contributed by atoms with Crippen LogP contribution in [0.1, 0.15) is 34.5 Å². The number of nitrogens with zero attached hydrogens (tertiary/aromatic N) is 4. The molecule has 1 aromatic carbocycles. The molecule has 0 saturated carbocycles. The predicted octanol–water partition coefficient (Wildman–Crippen LogP) is 1.89. The Morgan fingerprint density at radius 2 is 1.78 bits per heavy atom. The van der Waals surface area contributed by atoms with Gasteiger partial charge in [-0.2, -0.15) is 5.10 Å². The summed E-state index contributed by atoms with van der Waals surface area (Å²) in [4.78, 5) is 43.4.